The molecule has 0 aliphatic heterocycles. The number of aliphatic hydroxyl groups excluding tert-OH is 1. The number of aliphatic hydroxyl groups is 1. The summed E-state index contributed by atoms with van der Waals surface area (Å²) in [4.78, 5) is 11.5. The van der Waals surface area contributed by atoms with E-state index in [2.05, 4.69) is 10.0 Å². The molecular weight excluding hydrogens is 286 g/mol. The van der Waals surface area contributed by atoms with Crippen LogP contribution in [0.15, 0.2) is 17.2 Å². The molecule has 1 aromatic rings. The maximum Gasteiger partial charge on any atom is 0.267 e. The van der Waals surface area contributed by atoms with Crippen LogP contribution in [-0.2, 0) is 21.8 Å². The van der Waals surface area contributed by atoms with Gasteiger partial charge in [0.1, 0.15) is 10.6 Å². The Bertz CT molecular complexity index is 552. The number of sulfonamides is 1. The largest absolute Gasteiger partial charge is 0.394 e. The Labute approximate surface area is 117 Å². The Morgan fingerprint density at radius 1 is 1.45 bits per heavy atom. The predicted molar refractivity (Wildman–Crippen MR) is 71.9 cm³/mol. The van der Waals surface area contributed by atoms with Gasteiger partial charge in [-0.25, -0.2) is 13.1 Å². The van der Waals surface area contributed by atoms with Crippen LogP contribution < -0.4 is 10.0 Å². The fourth-order valence-corrected chi connectivity index (χ4v) is 2.62. The quantitative estimate of drug-likeness (QED) is 0.516. The van der Waals surface area contributed by atoms with E-state index < -0.39 is 10.0 Å². The van der Waals surface area contributed by atoms with E-state index >= 15 is 0 Å². The molecule has 0 saturated carbocycles. The van der Waals surface area contributed by atoms with Crippen LogP contribution in [0.3, 0.4) is 0 Å². The molecule has 0 saturated heterocycles. The number of amides is 1. The lowest BCUT2D eigenvalue weighted by molar-refractivity contribution is 0.0955. The number of hydrogen-bond donors (Lipinski definition) is 3. The number of rotatable bonds is 8. The summed E-state index contributed by atoms with van der Waals surface area (Å²) in [6.07, 6.45) is 1.36. The van der Waals surface area contributed by atoms with Gasteiger partial charge in [0.2, 0.25) is 10.0 Å². The molecular formula is C11H19N3O5S. The minimum atomic E-state index is -3.68. The van der Waals surface area contributed by atoms with Gasteiger partial charge in [0.25, 0.3) is 5.91 Å². The summed E-state index contributed by atoms with van der Waals surface area (Å²) in [5.74, 6) is -0.361. The molecule has 0 atom stereocenters. The molecule has 0 aliphatic carbocycles. The van der Waals surface area contributed by atoms with Gasteiger partial charge >= 0.3 is 0 Å². The maximum absolute atomic E-state index is 12.0. The molecule has 0 spiro atoms. The van der Waals surface area contributed by atoms with Crippen molar-refractivity contribution >= 4 is 15.9 Å². The number of aryl methyl sites for hydroxylation is 1. The lowest BCUT2D eigenvalue weighted by Gasteiger charge is -2.05. The highest BCUT2D eigenvalue weighted by molar-refractivity contribution is 7.89. The standard InChI is InChI=1S/C11H19N3O5S/c1-12-11(16)10-7-9(8-14(10)2)20(17,18)13-3-5-19-6-4-15/h7-8,13,15H,3-6H2,1-2H3,(H,12,16). The summed E-state index contributed by atoms with van der Waals surface area (Å²) in [5, 5.41) is 10.9. The maximum atomic E-state index is 12.0. The fraction of sp³-hybridized carbons (Fsp3) is 0.545. The molecule has 1 amide bonds. The van der Waals surface area contributed by atoms with Crippen molar-refractivity contribution in [3.8, 4) is 0 Å². The summed E-state index contributed by atoms with van der Waals surface area (Å²) in [5.41, 5.74) is 0.254. The summed E-state index contributed by atoms with van der Waals surface area (Å²) in [6, 6.07) is 1.30. The van der Waals surface area contributed by atoms with E-state index in [0.717, 1.165) is 0 Å². The Morgan fingerprint density at radius 3 is 2.75 bits per heavy atom. The van der Waals surface area contributed by atoms with Crippen molar-refractivity contribution in [3.63, 3.8) is 0 Å². The van der Waals surface area contributed by atoms with Gasteiger partial charge in [-0.3, -0.25) is 4.79 Å². The number of carbonyl (C=O) groups excluding carboxylic acids is 1. The van der Waals surface area contributed by atoms with E-state index in [1.54, 1.807) is 7.05 Å². The molecule has 0 radical (unpaired) electrons. The van der Waals surface area contributed by atoms with Gasteiger partial charge in [0.15, 0.2) is 0 Å². The summed E-state index contributed by atoms with van der Waals surface area (Å²) in [7, 11) is -0.621. The van der Waals surface area contributed by atoms with E-state index in [1.807, 2.05) is 0 Å². The first-order valence-corrected chi connectivity index (χ1v) is 7.47. The molecule has 0 fully saturated rings. The molecule has 0 aromatic carbocycles. The van der Waals surface area contributed by atoms with Crippen LogP contribution in [0.5, 0.6) is 0 Å². The van der Waals surface area contributed by atoms with Gasteiger partial charge in [0.05, 0.1) is 19.8 Å². The van der Waals surface area contributed by atoms with E-state index in [0.29, 0.717) is 0 Å². The lowest BCUT2D eigenvalue weighted by atomic mass is 10.4. The minimum absolute atomic E-state index is 0.0146. The van der Waals surface area contributed by atoms with Crippen LogP contribution in [0.1, 0.15) is 10.5 Å². The van der Waals surface area contributed by atoms with Gasteiger partial charge in [-0.15, -0.1) is 0 Å². The topological polar surface area (TPSA) is 110 Å². The van der Waals surface area contributed by atoms with Crippen LogP contribution in [0, 0.1) is 0 Å². The number of nitrogens with zero attached hydrogens (tertiary/aromatic N) is 1. The first kappa shape index (κ1) is 16.6. The van der Waals surface area contributed by atoms with Crippen LogP contribution in [0.2, 0.25) is 0 Å². The average Bonchev–Trinajstić information content (AvgIpc) is 2.80. The SMILES string of the molecule is CNC(=O)c1cc(S(=O)(=O)NCCOCCO)cn1C. The smallest absolute Gasteiger partial charge is 0.267 e. The zero-order chi connectivity index (χ0) is 15.2. The second kappa shape index (κ2) is 7.39. The van der Waals surface area contributed by atoms with Crippen molar-refractivity contribution in [3.05, 3.63) is 18.0 Å². The molecule has 114 valence electrons. The van der Waals surface area contributed by atoms with Crippen molar-refractivity contribution in [2.24, 2.45) is 7.05 Å². The third-order valence-electron chi connectivity index (χ3n) is 2.52. The third-order valence-corrected chi connectivity index (χ3v) is 3.95. The molecule has 0 unspecified atom stereocenters. The van der Waals surface area contributed by atoms with Crippen LogP contribution in [0.25, 0.3) is 0 Å². The Hall–Kier alpha value is -1.42. The molecule has 9 heteroatoms. The van der Waals surface area contributed by atoms with Crippen LogP contribution >= 0.6 is 0 Å². The number of carbonyl (C=O) groups is 1. The van der Waals surface area contributed by atoms with Crippen molar-refractivity contribution in [1.29, 1.82) is 0 Å². The number of hydrogen-bond acceptors (Lipinski definition) is 5. The van der Waals surface area contributed by atoms with Gasteiger partial charge in [-0.2, -0.15) is 0 Å². The Balaban J connectivity index is 2.71. The van der Waals surface area contributed by atoms with Crippen LogP contribution in [-0.4, -0.2) is 57.4 Å². The highest BCUT2D eigenvalue weighted by atomic mass is 32.2. The Morgan fingerprint density at radius 2 is 2.15 bits per heavy atom. The van der Waals surface area contributed by atoms with Crippen molar-refractivity contribution < 1.29 is 23.1 Å². The second-order valence-corrected chi connectivity index (χ2v) is 5.75. The highest BCUT2D eigenvalue weighted by Gasteiger charge is 2.19. The zero-order valence-corrected chi connectivity index (χ0v) is 12.2. The molecule has 3 N–H and O–H groups in total. The van der Waals surface area contributed by atoms with E-state index in [4.69, 9.17) is 9.84 Å². The fourth-order valence-electron chi connectivity index (χ4n) is 1.53. The van der Waals surface area contributed by atoms with Gasteiger partial charge in [-0.05, 0) is 6.07 Å². The van der Waals surface area contributed by atoms with Crippen molar-refractivity contribution in [2.45, 2.75) is 4.90 Å². The molecule has 0 aliphatic rings. The molecule has 0 bridgehead atoms. The van der Waals surface area contributed by atoms with Crippen molar-refractivity contribution in [1.82, 2.24) is 14.6 Å². The van der Waals surface area contributed by atoms with Crippen LogP contribution in [0.4, 0.5) is 0 Å². The number of nitrogens with one attached hydrogen (secondary N) is 2. The second-order valence-electron chi connectivity index (χ2n) is 3.98. The lowest BCUT2D eigenvalue weighted by Crippen LogP contribution is -2.27. The van der Waals surface area contributed by atoms with Gasteiger partial charge in [0, 0.05) is 26.8 Å². The highest BCUT2D eigenvalue weighted by Crippen LogP contribution is 2.13. The molecule has 1 aromatic heterocycles. The normalized spacial score (nSPS) is 11.6. The zero-order valence-electron chi connectivity index (χ0n) is 11.4. The van der Waals surface area contributed by atoms with E-state index in [-0.39, 0.29) is 42.9 Å². The molecule has 1 heterocycles. The summed E-state index contributed by atoms with van der Waals surface area (Å²) < 4.78 is 32.7. The summed E-state index contributed by atoms with van der Waals surface area (Å²) in [6.45, 7) is 0.302. The summed E-state index contributed by atoms with van der Waals surface area (Å²) >= 11 is 0. The van der Waals surface area contributed by atoms with Gasteiger partial charge in [-0.1, -0.05) is 0 Å². The number of ether oxygens (including phenoxy) is 1. The predicted octanol–water partition coefficient (Wildman–Crippen LogP) is -1.33. The molecule has 1 rings (SSSR count). The Kier molecular flexibility index (Phi) is 6.14. The third kappa shape index (κ3) is 4.30. The average molecular weight is 305 g/mol. The molecule has 20 heavy (non-hydrogen) atoms. The van der Waals surface area contributed by atoms with E-state index in [9.17, 15) is 13.2 Å². The first-order valence-electron chi connectivity index (χ1n) is 5.99. The molecule has 8 nitrogen and oxygen atoms in total. The van der Waals surface area contributed by atoms with E-state index in [1.165, 1.54) is 23.9 Å². The first-order chi connectivity index (χ1) is 9.42. The van der Waals surface area contributed by atoms with Crippen molar-refractivity contribution in [2.75, 3.05) is 33.4 Å². The monoisotopic (exact) mass is 305 g/mol. The van der Waals surface area contributed by atoms with Gasteiger partial charge < -0.3 is 19.7 Å². The number of aromatic nitrogens is 1. The minimum Gasteiger partial charge on any atom is -0.394 e.